The molecule has 4 heteroatoms. The summed E-state index contributed by atoms with van der Waals surface area (Å²) in [6, 6.07) is 6.34. The lowest BCUT2D eigenvalue weighted by molar-refractivity contribution is 0.411. The summed E-state index contributed by atoms with van der Waals surface area (Å²) in [7, 11) is -0.121. The molecule has 1 saturated heterocycles. The van der Waals surface area contributed by atoms with Gasteiger partial charge in [-0.05, 0) is 31.4 Å². The molecule has 0 N–H and O–H groups in total. The van der Waals surface area contributed by atoms with Crippen LogP contribution in [0.5, 0.6) is 5.75 Å². The summed E-state index contributed by atoms with van der Waals surface area (Å²) in [5.74, 6) is 0.938. The fraction of sp³-hybridized carbons (Fsp3) is 0.600. The van der Waals surface area contributed by atoms with Crippen LogP contribution in [0.1, 0.15) is 18.4 Å². The van der Waals surface area contributed by atoms with Crippen LogP contribution in [0.4, 0.5) is 5.69 Å². The highest BCUT2D eigenvalue weighted by Gasteiger charge is 2.42. The first-order valence-electron chi connectivity index (χ1n) is 7.10. The van der Waals surface area contributed by atoms with Crippen LogP contribution in [0.25, 0.3) is 0 Å². The molecule has 104 valence electrons. The normalized spacial score (nSPS) is 22.3. The van der Waals surface area contributed by atoms with Gasteiger partial charge < -0.3 is 14.2 Å². The number of methoxy groups -OCH3 is 1. The lowest BCUT2D eigenvalue weighted by Gasteiger charge is -2.34. The Balaban J connectivity index is 1.72. The van der Waals surface area contributed by atoms with Crippen LogP contribution in [0.2, 0.25) is 0 Å². The van der Waals surface area contributed by atoms with Crippen molar-refractivity contribution in [3.05, 3.63) is 23.8 Å². The van der Waals surface area contributed by atoms with E-state index in [0.29, 0.717) is 5.66 Å². The quantitative estimate of drug-likeness (QED) is 0.795. The molecule has 1 saturated carbocycles. The van der Waals surface area contributed by atoms with Crippen LogP contribution in [-0.4, -0.2) is 38.2 Å². The Morgan fingerprint density at radius 2 is 1.95 bits per heavy atom. The molecule has 1 aliphatic carbocycles. The maximum Gasteiger partial charge on any atom is 0.123 e. The van der Waals surface area contributed by atoms with Crippen molar-refractivity contribution in [2.45, 2.75) is 25.4 Å². The van der Waals surface area contributed by atoms with Gasteiger partial charge in [-0.2, -0.15) is 0 Å². The first kappa shape index (κ1) is 13.1. The van der Waals surface area contributed by atoms with Crippen LogP contribution in [0.15, 0.2) is 18.2 Å². The molecule has 1 heterocycles. The molecule has 0 bridgehead atoms. The highest BCUT2D eigenvalue weighted by atomic mass is 31.2. The highest BCUT2D eigenvalue weighted by molar-refractivity contribution is 7.65. The van der Waals surface area contributed by atoms with Crippen LogP contribution >= 0.6 is 7.14 Å². The van der Waals surface area contributed by atoms with E-state index >= 15 is 0 Å². The van der Waals surface area contributed by atoms with Gasteiger partial charge in [0.25, 0.3) is 0 Å². The van der Waals surface area contributed by atoms with Crippen LogP contribution < -0.4 is 9.64 Å². The molecule has 1 aliphatic heterocycles. The zero-order valence-corrected chi connectivity index (χ0v) is 12.7. The number of hydrogen-bond acceptors (Lipinski definition) is 3. The van der Waals surface area contributed by atoms with Gasteiger partial charge in [-0.3, -0.25) is 0 Å². The van der Waals surface area contributed by atoms with E-state index in [1.807, 2.05) is 0 Å². The third kappa shape index (κ3) is 2.53. The predicted octanol–water partition coefficient (Wildman–Crippen LogP) is 3.35. The second-order valence-corrected chi connectivity index (χ2v) is 9.30. The number of nitrogens with zero attached hydrogens (tertiary/aromatic N) is 1. The molecule has 1 aromatic rings. The molecule has 1 aromatic carbocycles. The zero-order chi connectivity index (χ0) is 13.5. The Bertz CT molecular complexity index is 513. The smallest absolute Gasteiger partial charge is 0.123 e. The van der Waals surface area contributed by atoms with Crippen molar-refractivity contribution in [1.82, 2.24) is 0 Å². The van der Waals surface area contributed by atoms with Gasteiger partial charge in [0, 0.05) is 42.8 Å². The number of anilines is 1. The number of benzene rings is 1. The van der Waals surface area contributed by atoms with Gasteiger partial charge in [-0.25, -0.2) is 0 Å². The molecule has 0 spiro atoms. The molecule has 0 amide bonds. The van der Waals surface area contributed by atoms with Crippen molar-refractivity contribution >= 4 is 12.8 Å². The van der Waals surface area contributed by atoms with Gasteiger partial charge in [-0.1, -0.05) is 6.07 Å². The molecule has 0 aromatic heterocycles. The molecular weight excluding hydrogens is 257 g/mol. The van der Waals surface area contributed by atoms with E-state index in [1.165, 1.54) is 18.5 Å². The summed E-state index contributed by atoms with van der Waals surface area (Å²) in [5.41, 5.74) is 2.93. The summed E-state index contributed by atoms with van der Waals surface area (Å²) < 4.78 is 18.1. The summed E-state index contributed by atoms with van der Waals surface area (Å²) in [5, 5.41) is 0. The summed E-state index contributed by atoms with van der Waals surface area (Å²) in [6.45, 7) is 3.92. The second kappa shape index (κ2) is 4.86. The predicted molar refractivity (Wildman–Crippen MR) is 80.3 cm³/mol. The van der Waals surface area contributed by atoms with Gasteiger partial charge in [0.05, 0.1) is 14.3 Å². The number of ether oxygens (including phenoxy) is 1. The third-order valence-corrected chi connectivity index (χ3v) is 8.23. The zero-order valence-electron chi connectivity index (χ0n) is 11.8. The lowest BCUT2D eigenvalue weighted by atomic mass is 10.2. The average Bonchev–Trinajstić information content (AvgIpc) is 3.25. The van der Waals surface area contributed by atoms with Crippen molar-refractivity contribution in [3.8, 4) is 5.75 Å². The van der Waals surface area contributed by atoms with E-state index in [1.54, 1.807) is 7.11 Å². The first-order valence-corrected chi connectivity index (χ1v) is 9.24. The molecule has 2 aliphatic rings. The Morgan fingerprint density at radius 3 is 2.53 bits per heavy atom. The van der Waals surface area contributed by atoms with Gasteiger partial charge >= 0.3 is 0 Å². The maximum atomic E-state index is 12.7. The van der Waals surface area contributed by atoms with Gasteiger partial charge in [0.1, 0.15) is 5.75 Å². The molecule has 0 atom stereocenters. The molecule has 0 unspecified atom stereocenters. The number of rotatable bonds is 3. The van der Waals surface area contributed by atoms with E-state index in [2.05, 4.69) is 30.0 Å². The van der Waals surface area contributed by atoms with Crippen LogP contribution in [-0.2, 0) is 4.57 Å². The maximum absolute atomic E-state index is 12.7. The fourth-order valence-electron chi connectivity index (χ4n) is 2.98. The van der Waals surface area contributed by atoms with E-state index in [0.717, 1.165) is 36.7 Å². The van der Waals surface area contributed by atoms with E-state index in [9.17, 15) is 4.57 Å². The standard InChI is InChI=1S/C15H22NO2P/c1-12-3-4-13(11-15(12)18-2)16-7-9-19(17,10-8-16)14-5-6-14/h3-4,11,14H,5-10H2,1-2H3. The van der Waals surface area contributed by atoms with Gasteiger partial charge in [0.2, 0.25) is 0 Å². The number of aryl methyl sites for hydroxylation is 1. The Hall–Kier alpha value is -0.950. The summed E-state index contributed by atoms with van der Waals surface area (Å²) >= 11 is 0. The topological polar surface area (TPSA) is 29.5 Å². The molecular formula is C15H22NO2P. The summed E-state index contributed by atoms with van der Waals surface area (Å²) in [4.78, 5) is 2.35. The largest absolute Gasteiger partial charge is 0.496 e. The molecule has 0 radical (unpaired) electrons. The third-order valence-electron chi connectivity index (χ3n) is 4.47. The van der Waals surface area contributed by atoms with Crippen LogP contribution in [0.3, 0.4) is 0 Å². The minimum Gasteiger partial charge on any atom is -0.496 e. The Labute approximate surface area is 115 Å². The molecule has 3 rings (SSSR count). The SMILES string of the molecule is COc1cc(N2CCP(=O)(C3CC3)CC2)ccc1C. The lowest BCUT2D eigenvalue weighted by Crippen LogP contribution is -2.35. The average molecular weight is 279 g/mol. The molecule has 2 fully saturated rings. The highest BCUT2D eigenvalue weighted by Crippen LogP contribution is 2.61. The number of hydrogen-bond donors (Lipinski definition) is 0. The van der Waals surface area contributed by atoms with Gasteiger partial charge in [0.15, 0.2) is 0 Å². The monoisotopic (exact) mass is 279 g/mol. The first-order chi connectivity index (χ1) is 9.12. The summed E-state index contributed by atoms with van der Waals surface area (Å²) in [6.07, 6.45) is 4.20. The van der Waals surface area contributed by atoms with Gasteiger partial charge in [-0.15, -0.1) is 0 Å². The van der Waals surface area contributed by atoms with Crippen molar-refractivity contribution in [3.63, 3.8) is 0 Å². The van der Waals surface area contributed by atoms with E-state index < -0.39 is 7.14 Å². The molecule has 19 heavy (non-hydrogen) atoms. The minimum atomic E-state index is -1.83. The van der Waals surface area contributed by atoms with Crippen LogP contribution in [0, 0.1) is 6.92 Å². The van der Waals surface area contributed by atoms with Crippen molar-refractivity contribution < 1.29 is 9.30 Å². The van der Waals surface area contributed by atoms with E-state index in [4.69, 9.17) is 4.74 Å². The fourth-order valence-corrected chi connectivity index (χ4v) is 6.18. The van der Waals surface area contributed by atoms with Crippen molar-refractivity contribution in [2.24, 2.45) is 0 Å². The van der Waals surface area contributed by atoms with Crippen molar-refractivity contribution in [2.75, 3.05) is 37.4 Å². The minimum absolute atomic E-state index is 0.571. The Kier molecular flexibility index (Phi) is 3.34. The Morgan fingerprint density at radius 1 is 1.26 bits per heavy atom. The van der Waals surface area contributed by atoms with Crippen molar-refractivity contribution in [1.29, 1.82) is 0 Å². The molecule has 3 nitrogen and oxygen atoms in total. The van der Waals surface area contributed by atoms with E-state index in [-0.39, 0.29) is 0 Å². The second-order valence-electron chi connectivity index (χ2n) is 5.77.